The van der Waals surface area contributed by atoms with Crippen molar-refractivity contribution in [3.05, 3.63) is 115 Å². The fraction of sp³-hybridized carbons (Fsp3) is 0.194. The Morgan fingerprint density at radius 1 is 0.611 bits per heavy atom. The molecule has 0 saturated carbocycles. The number of unbranched alkanes of at least 4 members (excludes halogenated alkanes) is 3. The van der Waals surface area contributed by atoms with Gasteiger partial charge in [-0.2, -0.15) is 0 Å². The highest BCUT2D eigenvalue weighted by atomic mass is 31.2. The largest absolute Gasteiger partial charge is 0.504 e. The molecule has 4 aromatic rings. The van der Waals surface area contributed by atoms with Gasteiger partial charge in [0.2, 0.25) is 0 Å². The lowest BCUT2D eigenvalue weighted by atomic mass is 10.1. The second-order valence-electron chi connectivity index (χ2n) is 8.91. The number of phenols is 2. The highest BCUT2D eigenvalue weighted by Crippen LogP contribution is 2.55. The van der Waals surface area contributed by atoms with Crippen LogP contribution in [0.2, 0.25) is 0 Å². The van der Waals surface area contributed by atoms with Crippen LogP contribution in [0.15, 0.2) is 109 Å². The molecule has 184 valence electrons. The van der Waals surface area contributed by atoms with Crippen molar-refractivity contribution in [2.24, 2.45) is 0 Å². The minimum absolute atomic E-state index is 0.230. The van der Waals surface area contributed by atoms with Gasteiger partial charge in [0.05, 0.1) is 6.16 Å². The van der Waals surface area contributed by atoms with Crippen LogP contribution < -0.4 is 21.2 Å². The number of hydrogen-bond donors (Lipinski definition) is 3. The van der Waals surface area contributed by atoms with Gasteiger partial charge in [0.25, 0.3) is 5.91 Å². The summed E-state index contributed by atoms with van der Waals surface area (Å²) in [6.45, 7) is 0.580. The van der Waals surface area contributed by atoms with Crippen LogP contribution in [-0.4, -0.2) is 28.8 Å². The van der Waals surface area contributed by atoms with Gasteiger partial charge in [-0.25, -0.2) is 0 Å². The van der Waals surface area contributed by atoms with E-state index in [0.29, 0.717) is 12.1 Å². The molecule has 4 rings (SSSR count). The second-order valence-corrected chi connectivity index (χ2v) is 12.5. The fourth-order valence-corrected chi connectivity index (χ4v) is 9.09. The first-order chi connectivity index (χ1) is 17.6. The Bertz CT molecular complexity index is 1150. The SMILES string of the molecule is O=C(NCCCCCC[P+](c1ccccc1)(c1ccccc1)c1ccccc1)c1ccc(O)c(O)c1. The first kappa shape index (κ1) is 25.5. The first-order valence-corrected chi connectivity index (χ1v) is 14.4. The van der Waals surface area contributed by atoms with E-state index in [9.17, 15) is 15.0 Å². The predicted octanol–water partition coefficient (Wildman–Crippen LogP) is 5.38. The summed E-state index contributed by atoms with van der Waals surface area (Å²) in [5, 5.41) is 26.2. The molecule has 0 aliphatic carbocycles. The Balaban J connectivity index is 1.40. The van der Waals surface area contributed by atoms with Crippen LogP contribution in [0.5, 0.6) is 11.5 Å². The van der Waals surface area contributed by atoms with Crippen molar-refractivity contribution >= 4 is 29.1 Å². The zero-order chi connectivity index (χ0) is 25.2. The monoisotopic (exact) mass is 498 g/mol. The maximum Gasteiger partial charge on any atom is 0.251 e. The summed E-state index contributed by atoms with van der Waals surface area (Å²) in [4.78, 5) is 12.3. The summed E-state index contributed by atoms with van der Waals surface area (Å²) in [6, 6.07) is 36.9. The molecule has 0 heterocycles. The number of amides is 1. The van der Waals surface area contributed by atoms with E-state index in [2.05, 4.69) is 96.3 Å². The summed E-state index contributed by atoms with van der Waals surface area (Å²) in [6.07, 6.45) is 5.21. The maximum atomic E-state index is 12.3. The van der Waals surface area contributed by atoms with Crippen LogP contribution >= 0.6 is 7.26 Å². The normalized spacial score (nSPS) is 11.2. The summed E-state index contributed by atoms with van der Waals surface area (Å²) in [7, 11) is -1.79. The van der Waals surface area contributed by atoms with Gasteiger partial charge < -0.3 is 15.5 Å². The van der Waals surface area contributed by atoms with Gasteiger partial charge in [-0.1, -0.05) is 61.0 Å². The molecule has 0 aliphatic heterocycles. The first-order valence-electron chi connectivity index (χ1n) is 12.5. The number of carbonyl (C=O) groups is 1. The number of phenolic OH excluding ortho intramolecular Hbond substituents is 2. The molecule has 4 aromatic carbocycles. The van der Waals surface area contributed by atoms with E-state index in [1.54, 1.807) is 0 Å². The highest BCUT2D eigenvalue weighted by molar-refractivity contribution is 7.95. The molecule has 0 aliphatic rings. The molecule has 0 atom stereocenters. The lowest BCUT2D eigenvalue weighted by Crippen LogP contribution is -2.33. The quantitative estimate of drug-likeness (QED) is 0.148. The summed E-state index contributed by atoms with van der Waals surface area (Å²) in [5.74, 6) is -0.760. The third-order valence-electron chi connectivity index (χ3n) is 6.53. The molecule has 5 heteroatoms. The number of rotatable bonds is 11. The van der Waals surface area contributed by atoms with Gasteiger partial charge in [0, 0.05) is 12.1 Å². The molecule has 0 spiro atoms. The number of nitrogens with one attached hydrogen (secondary N) is 1. The van der Waals surface area contributed by atoms with E-state index in [1.165, 1.54) is 34.1 Å². The molecule has 1 amide bonds. The molecule has 0 fully saturated rings. The zero-order valence-corrected chi connectivity index (χ0v) is 21.3. The zero-order valence-electron chi connectivity index (χ0n) is 20.4. The summed E-state index contributed by atoms with van der Waals surface area (Å²) < 4.78 is 0. The molecule has 3 N–H and O–H groups in total. The number of carbonyl (C=O) groups excluding carboxylic acids is 1. The van der Waals surface area contributed by atoms with E-state index in [0.717, 1.165) is 31.8 Å². The number of hydrogen-bond acceptors (Lipinski definition) is 3. The van der Waals surface area contributed by atoms with E-state index >= 15 is 0 Å². The maximum absolute atomic E-state index is 12.3. The van der Waals surface area contributed by atoms with Gasteiger partial charge in [0.15, 0.2) is 11.5 Å². The minimum atomic E-state index is -1.79. The van der Waals surface area contributed by atoms with Crippen molar-refractivity contribution < 1.29 is 15.0 Å². The van der Waals surface area contributed by atoms with E-state index in [1.807, 2.05) is 0 Å². The lowest BCUT2D eigenvalue weighted by Gasteiger charge is -2.27. The van der Waals surface area contributed by atoms with Crippen molar-refractivity contribution in [1.82, 2.24) is 5.32 Å². The van der Waals surface area contributed by atoms with Crippen molar-refractivity contribution in [2.45, 2.75) is 25.7 Å². The van der Waals surface area contributed by atoms with Gasteiger partial charge >= 0.3 is 0 Å². The van der Waals surface area contributed by atoms with Gasteiger partial charge in [-0.15, -0.1) is 0 Å². The Morgan fingerprint density at radius 3 is 1.61 bits per heavy atom. The topological polar surface area (TPSA) is 69.6 Å². The standard InChI is InChI=1S/C31H32NO3P/c33-29-21-20-25(24-30(29)34)31(35)32-22-12-1-2-13-23-36(26-14-6-3-7-15-26,27-16-8-4-9-17-27)28-18-10-5-11-19-28/h3-11,14-21,24H,1-2,12-13,22-23H2,(H2-,32,33,34,35)/p+1. The van der Waals surface area contributed by atoms with Gasteiger partial charge in [0.1, 0.15) is 23.2 Å². The molecule has 4 nitrogen and oxygen atoms in total. The molecule has 0 bridgehead atoms. The molecular weight excluding hydrogens is 465 g/mol. The Morgan fingerprint density at radius 2 is 1.11 bits per heavy atom. The van der Waals surface area contributed by atoms with E-state index < -0.39 is 7.26 Å². The average molecular weight is 499 g/mol. The molecule has 0 unspecified atom stereocenters. The van der Waals surface area contributed by atoms with Crippen LogP contribution in [0.1, 0.15) is 36.0 Å². The number of benzene rings is 4. The van der Waals surface area contributed by atoms with E-state index in [-0.39, 0.29) is 17.4 Å². The van der Waals surface area contributed by atoms with E-state index in [4.69, 9.17) is 0 Å². The van der Waals surface area contributed by atoms with Crippen LogP contribution in [0.3, 0.4) is 0 Å². The molecule has 36 heavy (non-hydrogen) atoms. The predicted molar refractivity (Wildman–Crippen MR) is 151 cm³/mol. The van der Waals surface area contributed by atoms with Crippen molar-refractivity contribution in [3.63, 3.8) is 0 Å². The van der Waals surface area contributed by atoms with Crippen molar-refractivity contribution in [1.29, 1.82) is 0 Å². The Kier molecular flexibility index (Phi) is 8.76. The minimum Gasteiger partial charge on any atom is -0.504 e. The van der Waals surface area contributed by atoms with Crippen LogP contribution in [0.25, 0.3) is 0 Å². The summed E-state index contributed by atoms with van der Waals surface area (Å²) >= 11 is 0. The molecule has 0 radical (unpaired) electrons. The second kappa shape index (κ2) is 12.4. The van der Waals surface area contributed by atoms with Gasteiger partial charge in [-0.05, 0) is 73.9 Å². The average Bonchev–Trinajstić information content (AvgIpc) is 2.93. The molecular formula is C31H33NO3P+. The highest BCUT2D eigenvalue weighted by Gasteiger charge is 2.44. The fourth-order valence-electron chi connectivity index (χ4n) is 4.68. The molecule has 0 aromatic heterocycles. The van der Waals surface area contributed by atoms with Gasteiger partial charge in [-0.3, -0.25) is 4.79 Å². The van der Waals surface area contributed by atoms with Crippen LogP contribution in [0, 0.1) is 0 Å². The smallest absolute Gasteiger partial charge is 0.251 e. The third kappa shape index (κ3) is 5.95. The lowest BCUT2D eigenvalue weighted by molar-refractivity contribution is 0.0952. The Hall–Kier alpha value is -3.62. The van der Waals surface area contributed by atoms with Crippen molar-refractivity contribution in [3.8, 4) is 11.5 Å². The third-order valence-corrected chi connectivity index (χ3v) is 11.1. The van der Waals surface area contributed by atoms with Crippen molar-refractivity contribution in [2.75, 3.05) is 12.7 Å². The molecule has 0 saturated heterocycles. The summed E-state index contributed by atoms with van der Waals surface area (Å²) in [5.41, 5.74) is 0.341. The van der Waals surface area contributed by atoms with Crippen LogP contribution in [-0.2, 0) is 0 Å². The Labute approximate surface area is 214 Å². The van der Waals surface area contributed by atoms with Crippen LogP contribution in [0.4, 0.5) is 0 Å². The number of aromatic hydroxyl groups is 2.